The van der Waals surface area contributed by atoms with Crippen LogP contribution in [0.3, 0.4) is 0 Å². The van der Waals surface area contributed by atoms with Gasteiger partial charge in [0.05, 0.1) is 15.5 Å². The lowest BCUT2D eigenvalue weighted by molar-refractivity contribution is -0.138. The fourth-order valence-corrected chi connectivity index (χ4v) is 3.34. The highest BCUT2D eigenvalue weighted by molar-refractivity contribution is 7.91. The Balaban J connectivity index is 3.58. The number of nitrogens with zero attached hydrogens (tertiary/aromatic N) is 1. The second-order valence-electron chi connectivity index (χ2n) is 4.80. The Bertz CT molecular complexity index is 767. The number of likely N-dealkylation sites (N-methyl/N-ethyl adjacent to an activating group) is 1. The molecule has 1 aromatic rings. The maximum atomic E-state index is 11.9. The van der Waals surface area contributed by atoms with Crippen LogP contribution in [-0.4, -0.2) is 53.5 Å². The van der Waals surface area contributed by atoms with E-state index >= 15 is 0 Å². The predicted octanol–water partition coefficient (Wildman–Crippen LogP) is 0.403. The molecule has 1 N–H and O–H groups in total. The summed E-state index contributed by atoms with van der Waals surface area (Å²) >= 11 is 0. The van der Waals surface area contributed by atoms with Gasteiger partial charge in [-0.15, -0.1) is 0 Å². The molecule has 1 unspecified atom stereocenters. The zero-order valence-electron chi connectivity index (χ0n) is 12.1. The lowest BCUT2D eigenvalue weighted by Crippen LogP contribution is -2.36. The van der Waals surface area contributed by atoms with E-state index in [1.807, 2.05) is 0 Å². The Kier molecular flexibility index (Phi) is 4.69. The molecule has 0 spiro atoms. The topological polar surface area (TPSA) is 109 Å². The molecule has 1 atom stereocenters. The minimum Gasteiger partial charge on any atom is -0.480 e. The molecule has 0 aliphatic heterocycles. The molecule has 118 valence electrons. The van der Waals surface area contributed by atoms with E-state index in [4.69, 9.17) is 5.11 Å². The van der Waals surface area contributed by atoms with E-state index in [1.165, 1.54) is 31.0 Å². The van der Waals surface area contributed by atoms with E-state index in [2.05, 4.69) is 0 Å². The Morgan fingerprint density at radius 2 is 1.67 bits per heavy atom. The number of carboxylic acids is 1. The highest BCUT2D eigenvalue weighted by atomic mass is 32.2. The summed E-state index contributed by atoms with van der Waals surface area (Å²) < 4.78 is 46.8. The van der Waals surface area contributed by atoms with Gasteiger partial charge in [-0.2, -0.15) is 0 Å². The second-order valence-corrected chi connectivity index (χ2v) is 8.80. The fourth-order valence-electron chi connectivity index (χ4n) is 1.69. The third-order valence-corrected chi connectivity index (χ3v) is 5.31. The fraction of sp³-hybridized carbons (Fsp3) is 0.417. The minimum absolute atomic E-state index is 0.136. The van der Waals surface area contributed by atoms with Gasteiger partial charge >= 0.3 is 5.97 Å². The predicted molar refractivity (Wildman–Crippen MR) is 78.2 cm³/mol. The van der Waals surface area contributed by atoms with Crippen molar-refractivity contribution in [1.29, 1.82) is 0 Å². The van der Waals surface area contributed by atoms with Gasteiger partial charge in [-0.05, 0) is 25.1 Å². The normalized spacial score (nSPS) is 13.7. The van der Waals surface area contributed by atoms with Crippen molar-refractivity contribution >= 4 is 31.3 Å². The van der Waals surface area contributed by atoms with Gasteiger partial charge in [-0.3, -0.25) is 0 Å². The molecule has 9 heteroatoms. The van der Waals surface area contributed by atoms with E-state index in [1.54, 1.807) is 0 Å². The molecular formula is C12H17NO6S2. The Morgan fingerprint density at radius 1 is 1.14 bits per heavy atom. The number of carbonyl (C=O) groups is 1. The zero-order chi connectivity index (χ0) is 16.6. The maximum absolute atomic E-state index is 11.9. The quantitative estimate of drug-likeness (QED) is 0.829. The van der Waals surface area contributed by atoms with Gasteiger partial charge in [0.25, 0.3) is 0 Å². The minimum atomic E-state index is -3.72. The summed E-state index contributed by atoms with van der Waals surface area (Å²) in [5, 5.41) is 9.00. The maximum Gasteiger partial charge on any atom is 0.326 e. The number of benzene rings is 1. The molecule has 0 aliphatic rings. The van der Waals surface area contributed by atoms with Gasteiger partial charge in [0.2, 0.25) is 0 Å². The summed E-state index contributed by atoms with van der Waals surface area (Å²) in [5.41, 5.74) is 0.139. The van der Waals surface area contributed by atoms with Gasteiger partial charge in [-0.1, -0.05) is 0 Å². The Hall–Kier alpha value is -1.61. The van der Waals surface area contributed by atoms with Crippen molar-refractivity contribution in [3.8, 4) is 0 Å². The van der Waals surface area contributed by atoms with Gasteiger partial charge in [-0.25, -0.2) is 21.6 Å². The van der Waals surface area contributed by atoms with Crippen LogP contribution < -0.4 is 4.90 Å². The third kappa shape index (κ3) is 3.94. The largest absolute Gasteiger partial charge is 0.480 e. The molecule has 0 saturated carbocycles. The van der Waals surface area contributed by atoms with Crippen LogP contribution in [0.25, 0.3) is 0 Å². The summed E-state index contributed by atoms with van der Waals surface area (Å²) in [4.78, 5) is 11.9. The standard InChI is InChI=1S/C12H17NO6S2/c1-8(12(14)15)13(2)10-6-5-9(20(3,16)17)7-11(10)21(4,18)19/h5-8H,1-4H3,(H,14,15). The summed E-state index contributed by atoms with van der Waals surface area (Å²) in [5.74, 6) is -1.12. The van der Waals surface area contributed by atoms with Crippen molar-refractivity contribution in [2.75, 3.05) is 24.5 Å². The summed E-state index contributed by atoms with van der Waals surface area (Å²) in [6.45, 7) is 1.40. The lowest BCUT2D eigenvalue weighted by Gasteiger charge is -2.25. The van der Waals surface area contributed by atoms with Crippen LogP contribution in [0, 0.1) is 0 Å². The van der Waals surface area contributed by atoms with E-state index < -0.39 is 31.7 Å². The van der Waals surface area contributed by atoms with Gasteiger partial charge in [0.15, 0.2) is 19.7 Å². The van der Waals surface area contributed by atoms with Crippen LogP contribution in [0.5, 0.6) is 0 Å². The zero-order valence-corrected chi connectivity index (χ0v) is 13.7. The van der Waals surface area contributed by atoms with Crippen LogP contribution in [0.2, 0.25) is 0 Å². The second kappa shape index (κ2) is 5.64. The van der Waals surface area contributed by atoms with Crippen molar-refractivity contribution in [3.63, 3.8) is 0 Å². The number of rotatable bonds is 5. The molecule has 1 aromatic carbocycles. The van der Waals surface area contributed by atoms with Crippen LogP contribution in [0.1, 0.15) is 6.92 Å². The molecule has 0 heterocycles. The first kappa shape index (κ1) is 17.4. The van der Waals surface area contributed by atoms with Gasteiger partial charge in [0.1, 0.15) is 6.04 Å². The van der Waals surface area contributed by atoms with Gasteiger partial charge in [0, 0.05) is 19.6 Å². The summed E-state index contributed by atoms with van der Waals surface area (Å²) in [6.07, 6.45) is 1.91. The molecule has 0 amide bonds. The summed E-state index contributed by atoms with van der Waals surface area (Å²) in [7, 11) is -5.85. The molecule has 0 aliphatic carbocycles. The highest BCUT2D eigenvalue weighted by Gasteiger charge is 2.24. The summed E-state index contributed by atoms with van der Waals surface area (Å²) in [6, 6.07) is 2.64. The molecule has 0 bridgehead atoms. The van der Waals surface area contributed by atoms with Crippen LogP contribution in [-0.2, 0) is 24.5 Å². The van der Waals surface area contributed by atoms with Crippen molar-refractivity contribution < 1.29 is 26.7 Å². The van der Waals surface area contributed by atoms with Crippen molar-refractivity contribution in [2.45, 2.75) is 22.8 Å². The monoisotopic (exact) mass is 335 g/mol. The molecule has 7 nitrogen and oxygen atoms in total. The van der Waals surface area contributed by atoms with E-state index in [0.29, 0.717) is 0 Å². The van der Waals surface area contributed by atoms with Crippen molar-refractivity contribution in [1.82, 2.24) is 0 Å². The number of aliphatic carboxylic acids is 1. The van der Waals surface area contributed by atoms with Crippen molar-refractivity contribution in [2.24, 2.45) is 0 Å². The molecule has 0 radical (unpaired) electrons. The average molecular weight is 335 g/mol. The third-order valence-electron chi connectivity index (χ3n) is 3.08. The number of hydrogen-bond acceptors (Lipinski definition) is 6. The SMILES string of the molecule is CC(C(=O)O)N(C)c1ccc(S(C)(=O)=O)cc1S(C)(=O)=O. The number of carboxylic acid groups (broad SMARTS) is 1. The smallest absolute Gasteiger partial charge is 0.326 e. The molecule has 0 saturated heterocycles. The Morgan fingerprint density at radius 3 is 2.05 bits per heavy atom. The molecule has 21 heavy (non-hydrogen) atoms. The van der Waals surface area contributed by atoms with E-state index in [0.717, 1.165) is 18.6 Å². The Labute approximate surface area is 124 Å². The highest BCUT2D eigenvalue weighted by Crippen LogP contribution is 2.28. The van der Waals surface area contributed by atoms with E-state index in [-0.39, 0.29) is 15.5 Å². The molecule has 1 rings (SSSR count). The lowest BCUT2D eigenvalue weighted by atomic mass is 10.2. The van der Waals surface area contributed by atoms with Crippen molar-refractivity contribution in [3.05, 3.63) is 18.2 Å². The van der Waals surface area contributed by atoms with Crippen LogP contribution >= 0.6 is 0 Å². The first-order valence-electron chi connectivity index (χ1n) is 5.85. The molecule has 0 aromatic heterocycles. The number of hydrogen-bond donors (Lipinski definition) is 1. The van der Waals surface area contributed by atoms with Crippen LogP contribution in [0.4, 0.5) is 5.69 Å². The molecule has 0 fully saturated rings. The number of anilines is 1. The molecular weight excluding hydrogens is 318 g/mol. The average Bonchev–Trinajstić information content (AvgIpc) is 2.34. The van der Waals surface area contributed by atoms with Crippen LogP contribution in [0.15, 0.2) is 28.0 Å². The van der Waals surface area contributed by atoms with Gasteiger partial charge < -0.3 is 10.0 Å². The first-order valence-corrected chi connectivity index (χ1v) is 9.64. The van der Waals surface area contributed by atoms with E-state index in [9.17, 15) is 21.6 Å². The number of sulfone groups is 2. The first-order chi connectivity index (χ1) is 9.35.